The molecule has 0 aliphatic carbocycles. The number of benzene rings is 7. The molecule has 0 bridgehead atoms. The highest BCUT2D eigenvalue weighted by Gasteiger charge is 2.32. The van der Waals surface area contributed by atoms with Crippen LogP contribution < -0.4 is 21.9 Å². The maximum atomic E-state index is 6.80. The Morgan fingerprint density at radius 1 is 0.522 bits per heavy atom. The molecule has 6 N–H and O–H groups in total. The molecule has 4 nitrogen and oxygen atoms in total. The first-order valence-corrected chi connectivity index (χ1v) is 15.8. The van der Waals surface area contributed by atoms with Crippen LogP contribution in [0.4, 0.5) is 17.1 Å². The predicted molar refractivity (Wildman–Crippen MR) is 197 cm³/mol. The fourth-order valence-corrected chi connectivity index (χ4v) is 7.55. The lowest BCUT2D eigenvalue weighted by atomic mass is 9.82. The highest BCUT2D eigenvalue weighted by atomic mass is 16.5. The Kier molecular flexibility index (Phi) is 6.10. The van der Waals surface area contributed by atoms with Crippen molar-refractivity contribution in [3.05, 3.63) is 120 Å². The van der Waals surface area contributed by atoms with E-state index < -0.39 is 0 Å². The molecule has 0 unspecified atom stereocenters. The van der Waals surface area contributed by atoms with E-state index in [2.05, 4.69) is 124 Å². The largest absolute Gasteiger partial charge is 0.492 e. The van der Waals surface area contributed by atoms with Gasteiger partial charge < -0.3 is 21.9 Å². The number of nitrogen functional groups attached to an aromatic ring is 3. The monoisotopic (exact) mass is 599 g/mol. The van der Waals surface area contributed by atoms with Crippen molar-refractivity contribution in [1.29, 1.82) is 0 Å². The average Bonchev–Trinajstić information content (AvgIpc) is 3.39. The molecule has 226 valence electrons. The summed E-state index contributed by atoms with van der Waals surface area (Å²) in [4.78, 5) is 0. The molecule has 7 aromatic carbocycles. The summed E-state index contributed by atoms with van der Waals surface area (Å²) in [5, 5.41) is 7.01. The number of anilines is 3. The van der Waals surface area contributed by atoms with E-state index >= 15 is 0 Å². The SMILES string of the molecule is Cc1c(C)c(-c2c3ccccc3c(-c3cccc4c(-c5ccc6c(c5)C(C)(C)CO6)cccc34)c3ccccc23)c(N)c(N)c1N. The van der Waals surface area contributed by atoms with Gasteiger partial charge >= 0.3 is 0 Å². The molecule has 0 saturated carbocycles. The van der Waals surface area contributed by atoms with Crippen molar-refractivity contribution in [3.8, 4) is 39.1 Å². The van der Waals surface area contributed by atoms with Crippen molar-refractivity contribution in [1.82, 2.24) is 0 Å². The van der Waals surface area contributed by atoms with Gasteiger partial charge in [-0.3, -0.25) is 0 Å². The van der Waals surface area contributed by atoms with Gasteiger partial charge in [0.15, 0.2) is 0 Å². The highest BCUT2D eigenvalue weighted by molar-refractivity contribution is 6.25. The molecule has 0 atom stereocenters. The Morgan fingerprint density at radius 3 is 1.70 bits per heavy atom. The minimum absolute atomic E-state index is 0.0178. The number of ether oxygens (including phenoxy) is 1. The van der Waals surface area contributed by atoms with Gasteiger partial charge in [0.1, 0.15) is 5.75 Å². The molecular formula is C42H37N3O. The standard InChI is InChI=1S/C42H37N3O/c1-23-24(2)39(43)41(45)40(44)36(23)38-32-13-7-5-11-30(32)37(31-12-6-8-14-33(31)38)29-18-10-16-27-26(15-9-17-28(27)29)25-19-20-35-34(21-25)42(3,4)22-46-35/h5-21H,22,43-45H2,1-4H3. The second-order valence-corrected chi connectivity index (χ2v) is 13.3. The Balaban J connectivity index is 1.45. The summed E-state index contributed by atoms with van der Waals surface area (Å²) in [6.07, 6.45) is 0. The number of hydrogen-bond donors (Lipinski definition) is 3. The van der Waals surface area contributed by atoms with Crippen molar-refractivity contribution in [3.63, 3.8) is 0 Å². The molecule has 1 aliphatic heterocycles. The molecule has 1 aliphatic rings. The maximum absolute atomic E-state index is 6.80. The first kappa shape index (κ1) is 28.0. The quantitative estimate of drug-likeness (QED) is 0.139. The molecule has 0 spiro atoms. The Labute approximate surface area is 269 Å². The van der Waals surface area contributed by atoms with Crippen molar-refractivity contribution in [2.24, 2.45) is 0 Å². The van der Waals surface area contributed by atoms with Crippen LogP contribution in [0, 0.1) is 13.8 Å². The van der Waals surface area contributed by atoms with E-state index in [4.69, 9.17) is 21.9 Å². The summed E-state index contributed by atoms with van der Waals surface area (Å²) in [6.45, 7) is 9.31. The third-order valence-electron chi connectivity index (χ3n) is 10.2. The smallest absolute Gasteiger partial charge is 0.123 e. The molecular weight excluding hydrogens is 562 g/mol. The molecule has 4 heteroatoms. The zero-order valence-electron chi connectivity index (χ0n) is 26.7. The summed E-state index contributed by atoms with van der Waals surface area (Å²) in [5.74, 6) is 0.988. The van der Waals surface area contributed by atoms with Crippen LogP contribution >= 0.6 is 0 Å². The minimum atomic E-state index is -0.0178. The van der Waals surface area contributed by atoms with Gasteiger partial charge in [0, 0.05) is 16.5 Å². The summed E-state index contributed by atoms with van der Waals surface area (Å²) >= 11 is 0. The Hall–Kier alpha value is -5.48. The first-order chi connectivity index (χ1) is 22.2. The summed E-state index contributed by atoms with van der Waals surface area (Å²) in [5.41, 5.74) is 31.3. The lowest BCUT2D eigenvalue weighted by Gasteiger charge is -2.23. The third-order valence-corrected chi connectivity index (χ3v) is 10.2. The van der Waals surface area contributed by atoms with Gasteiger partial charge in [-0.1, -0.05) is 105 Å². The average molecular weight is 600 g/mol. The zero-order valence-corrected chi connectivity index (χ0v) is 26.7. The first-order valence-electron chi connectivity index (χ1n) is 15.8. The van der Waals surface area contributed by atoms with Crippen LogP contribution in [0.1, 0.15) is 30.5 Å². The van der Waals surface area contributed by atoms with Crippen LogP contribution in [-0.4, -0.2) is 6.61 Å². The minimum Gasteiger partial charge on any atom is -0.492 e. The summed E-state index contributed by atoms with van der Waals surface area (Å²) in [7, 11) is 0. The van der Waals surface area contributed by atoms with Crippen LogP contribution in [-0.2, 0) is 5.41 Å². The zero-order chi connectivity index (χ0) is 31.9. The van der Waals surface area contributed by atoms with Gasteiger partial charge in [0.05, 0.1) is 23.7 Å². The van der Waals surface area contributed by atoms with Crippen LogP contribution in [0.5, 0.6) is 5.75 Å². The predicted octanol–water partition coefficient (Wildman–Crippen LogP) is 10.2. The molecule has 0 aromatic heterocycles. The normalized spacial score (nSPS) is 13.7. The molecule has 46 heavy (non-hydrogen) atoms. The Morgan fingerprint density at radius 2 is 1.07 bits per heavy atom. The topological polar surface area (TPSA) is 87.3 Å². The van der Waals surface area contributed by atoms with E-state index in [1.807, 2.05) is 6.92 Å². The molecule has 0 fully saturated rings. The van der Waals surface area contributed by atoms with Gasteiger partial charge in [0.2, 0.25) is 0 Å². The summed E-state index contributed by atoms with van der Waals surface area (Å²) < 4.78 is 6.00. The lowest BCUT2D eigenvalue weighted by Crippen LogP contribution is -2.18. The van der Waals surface area contributed by atoms with Gasteiger partial charge in [0.25, 0.3) is 0 Å². The van der Waals surface area contributed by atoms with Crippen molar-refractivity contribution in [2.45, 2.75) is 33.1 Å². The lowest BCUT2D eigenvalue weighted by molar-refractivity contribution is 0.291. The van der Waals surface area contributed by atoms with Crippen LogP contribution in [0.25, 0.3) is 65.7 Å². The van der Waals surface area contributed by atoms with Crippen LogP contribution in [0.3, 0.4) is 0 Å². The fraction of sp³-hybridized carbons (Fsp3) is 0.143. The number of rotatable bonds is 3. The van der Waals surface area contributed by atoms with Gasteiger partial charge in [-0.25, -0.2) is 0 Å². The molecule has 0 saturated heterocycles. The highest BCUT2D eigenvalue weighted by Crippen LogP contribution is 2.50. The third kappa shape index (κ3) is 3.93. The van der Waals surface area contributed by atoms with Gasteiger partial charge in [-0.05, 0) is 97.2 Å². The van der Waals surface area contributed by atoms with E-state index in [9.17, 15) is 0 Å². The Bertz CT molecular complexity index is 2320. The molecule has 0 radical (unpaired) electrons. The van der Waals surface area contributed by atoms with E-state index in [1.165, 1.54) is 38.6 Å². The van der Waals surface area contributed by atoms with Crippen molar-refractivity contribution >= 4 is 49.4 Å². The van der Waals surface area contributed by atoms with Crippen LogP contribution in [0.2, 0.25) is 0 Å². The van der Waals surface area contributed by atoms with E-state index in [1.54, 1.807) is 0 Å². The number of nitrogens with two attached hydrogens (primary N) is 3. The van der Waals surface area contributed by atoms with E-state index in [0.717, 1.165) is 49.5 Å². The van der Waals surface area contributed by atoms with Crippen molar-refractivity contribution < 1.29 is 4.74 Å². The maximum Gasteiger partial charge on any atom is 0.123 e. The second-order valence-electron chi connectivity index (χ2n) is 13.3. The fourth-order valence-electron chi connectivity index (χ4n) is 7.55. The molecule has 0 amide bonds. The van der Waals surface area contributed by atoms with Crippen LogP contribution in [0.15, 0.2) is 103 Å². The van der Waals surface area contributed by atoms with Gasteiger partial charge in [-0.15, -0.1) is 0 Å². The molecule has 1 heterocycles. The van der Waals surface area contributed by atoms with E-state index in [-0.39, 0.29) is 5.41 Å². The molecule has 8 rings (SSSR count). The van der Waals surface area contributed by atoms with E-state index in [0.29, 0.717) is 23.7 Å². The summed E-state index contributed by atoms with van der Waals surface area (Å²) in [6, 6.07) is 37.3. The van der Waals surface area contributed by atoms with Crippen molar-refractivity contribution in [2.75, 3.05) is 23.8 Å². The number of fused-ring (bicyclic) bond motifs is 4. The number of hydrogen-bond acceptors (Lipinski definition) is 4. The molecule has 7 aromatic rings. The second kappa shape index (κ2) is 10.0. The van der Waals surface area contributed by atoms with Gasteiger partial charge in [-0.2, -0.15) is 0 Å².